The second-order valence-electron chi connectivity index (χ2n) is 5.12. The SMILES string of the molecule is Cl.NC[C@H]1CC[C@@H](C(=O)NCCNC(=O)c2cccc(Br)c2)O1. The van der Waals surface area contributed by atoms with Crippen LogP contribution in [0.15, 0.2) is 28.7 Å². The number of nitrogens with two attached hydrogens (primary N) is 1. The molecule has 1 aromatic rings. The number of halogens is 2. The van der Waals surface area contributed by atoms with Gasteiger partial charge in [-0.05, 0) is 31.0 Å². The molecule has 1 heterocycles. The third-order valence-electron chi connectivity index (χ3n) is 3.46. The Bertz CT molecular complexity index is 544. The molecule has 0 radical (unpaired) electrons. The van der Waals surface area contributed by atoms with Crippen molar-refractivity contribution in [3.63, 3.8) is 0 Å². The van der Waals surface area contributed by atoms with Crippen molar-refractivity contribution in [1.29, 1.82) is 0 Å². The first-order valence-electron chi connectivity index (χ1n) is 7.27. The lowest BCUT2D eigenvalue weighted by Gasteiger charge is -2.13. The van der Waals surface area contributed by atoms with E-state index in [4.69, 9.17) is 10.5 Å². The summed E-state index contributed by atoms with van der Waals surface area (Å²) in [6.45, 7) is 1.17. The lowest BCUT2D eigenvalue weighted by atomic mass is 10.2. The Kier molecular flexibility index (Phi) is 8.54. The molecule has 23 heavy (non-hydrogen) atoms. The topological polar surface area (TPSA) is 93.5 Å². The van der Waals surface area contributed by atoms with Crippen molar-refractivity contribution >= 4 is 40.2 Å². The minimum absolute atomic E-state index is 0. The quantitative estimate of drug-likeness (QED) is 0.619. The standard InChI is InChI=1S/C15H20BrN3O3.ClH/c16-11-3-1-2-10(8-11)14(20)18-6-7-19-15(21)13-5-4-12(9-17)22-13;/h1-3,8,12-13H,4-7,9,17H2,(H,18,20)(H,19,21);1H/t12-,13+;/m1./s1. The number of rotatable bonds is 6. The molecule has 2 amide bonds. The molecule has 1 aromatic carbocycles. The Morgan fingerprint density at radius 2 is 2.00 bits per heavy atom. The van der Waals surface area contributed by atoms with Gasteiger partial charge >= 0.3 is 0 Å². The predicted molar refractivity (Wildman–Crippen MR) is 93.7 cm³/mol. The van der Waals surface area contributed by atoms with Crippen molar-refractivity contribution in [2.24, 2.45) is 5.73 Å². The van der Waals surface area contributed by atoms with E-state index in [1.54, 1.807) is 18.2 Å². The maximum atomic E-state index is 11.9. The maximum absolute atomic E-state index is 11.9. The van der Waals surface area contributed by atoms with Crippen LogP contribution in [0.5, 0.6) is 0 Å². The Hall–Kier alpha value is -1.15. The summed E-state index contributed by atoms with van der Waals surface area (Å²) in [5.74, 6) is -0.316. The molecule has 8 heteroatoms. The highest BCUT2D eigenvalue weighted by Gasteiger charge is 2.29. The van der Waals surface area contributed by atoms with Gasteiger partial charge < -0.3 is 21.1 Å². The van der Waals surface area contributed by atoms with Gasteiger partial charge in [0.2, 0.25) is 5.91 Å². The van der Waals surface area contributed by atoms with Gasteiger partial charge in [-0.25, -0.2) is 0 Å². The van der Waals surface area contributed by atoms with Gasteiger partial charge in [-0.2, -0.15) is 0 Å². The van der Waals surface area contributed by atoms with Crippen LogP contribution >= 0.6 is 28.3 Å². The number of hydrogen-bond acceptors (Lipinski definition) is 4. The molecular weight excluding hydrogens is 386 g/mol. The van der Waals surface area contributed by atoms with E-state index in [0.29, 0.717) is 31.6 Å². The second-order valence-corrected chi connectivity index (χ2v) is 6.03. The van der Waals surface area contributed by atoms with Crippen molar-refractivity contribution in [3.8, 4) is 0 Å². The molecule has 2 atom stereocenters. The van der Waals surface area contributed by atoms with Crippen molar-refractivity contribution in [2.45, 2.75) is 25.0 Å². The first-order chi connectivity index (χ1) is 10.6. The Morgan fingerprint density at radius 3 is 2.65 bits per heavy atom. The van der Waals surface area contributed by atoms with E-state index in [1.165, 1.54) is 0 Å². The van der Waals surface area contributed by atoms with Crippen molar-refractivity contribution < 1.29 is 14.3 Å². The maximum Gasteiger partial charge on any atom is 0.251 e. The molecule has 1 fully saturated rings. The monoisotopic (exact) mass is 405 g/mol. The van der Waals surface area contributed by atoms with Gasteiger partial charge in [0.1, 0.15) is 6.10 Å². The molecule has 0 saturated carbocycles. The zero-order valence-electron chi connectivity index (χ0n) is 12.6. The summed E-state index contributed by atoms with van der Waals surface area (Å²) in [6, 6.07) is 7.13. The van der Waals surface area contributed by atoms with Crippen LogP contribution in [-0.4, -0.2) is 43.7 Å². The highest BCUT2D eigenvalue weighted by Crippen LogP contribution is 2.18. The zero-order valence-corrected chi connectivity index (χ0v) is 15.0. The molecular formula is C15H21BrClN3O3. The van der Waals surface area contributed by atoms with Gasteiger partial charge in [-0.3, -0.25) is 9.59 Å². The normalized spacial score (nSPS) is 19.7. The summed E-state index contributed by atoms with van der Waals surface area (Å²) < 4.78 is 6.35. The molecule has 6 nitrogen and oxygen atoms in total. The van der Waals surface area contributed by atoms with Crippen LogP contribution in [0, 0.1) is 0 Å². The van der Waals surface area contributed by atoms with Crippen LogP contribution in [0.1, 0.15) is 23.2 Å². The molecule has 1 aliphatic rings. The first-order valence-corrected chi connectivity index (χ1v) is 8.06. The average Bonchev–Trinajstić information content (AvgIpc) is 3.00. The van der Waals surface area contributed by atoms with Crippen molar-refractivity contribution in [2.75, 3.05) is 19.6 Å². The van der Waals surface area contributed by atoms with Crippen molar-refractivity contribution in [3.05, 3.63) is 34.3 Å². The molecule has 4 N–H and O–H groups in total. The molecule has 0 unspecified atom stereocenters. The lowest BCUT2D eigenvalue weighted by molar-refractivity contribution is -0.131. The van der Waals surface area contributed by atoms with Crippen molar-refractivity contribution in [1.82, 2.24) is 10.6 Å². The summed E-state index contributed by atoms with van der Waals surface area (Å²) >= 11 is 3.32. The summed E-state index contributed by atoms with van der Waals surface area (Å²) in [6.07, 6.45) is 1.06. The molecule has 2 rings (SSSR count). The largest absolute Gasteiger partial charge is 0.364 e. The summed E-state index contributed by atoms with van der Waals surface area (Å²) in [5, 5.41) is 5.52. The third kappa shape index (κ3) is 6.10. The van der Waals surface area contributed by atoms with Crippen LogP contribution in [0.25, 0.3) is 0 Å². The fraction of sp³-hybridized carbons (Fsp3) is 0.467. The molecule has 1 aliphatic heterocycles. The van der Waals surface area contributed by atoms with Gasteiger partial charge in [0.15, 0.2) is 0 Å². The van der Waals surface area contributed by atoms with E-state index in [-0.39, 0.29) is 30.3 Å². The number of amides is 2. The van der Waals surface area contributed by atoms with E-state index >= 15 is 0 Å². The number of nitrogens with one attached hydrogen (secondary N) is 2. The van der Waals surface area contributed by atoms with Gasteiger partial charge in [-0.15, -0.1) is 12.4 Å². The molecule has 0 spiro atoms. The van der Waals surface area contributed by atoms with Crippen LogP contribution in [-0.2, 0) is 9.53 Å². The van der Waals surface area contributed by atoms with E-state index in [2.05, 4.69) is 26.6 Å². The summed E-state index contributed by atoms with van der Waals surface area (Å²) in [4.78, 5) is 23.8. The van der Waals surface area contributed by atoms with Gasteiger partial charge in [0, 0.05) is 29.7 Å². The number of benzene rings is 1. The van der Waals surface area contributed by atoms with Crippen LogP contribution in [0.2, 0.25) is 0 Å². The zero-order chi connectivity index (χ0) is 15.9. The molecule has 0 aromatic heterocycles. The van der Waals surface area contributed by atoms with E-state index in [0.717, 1.165) is 10.9 Å². The average molecular weight is 407 g/mol. The number of carbonyl (C=O) groups excluding carboxylic acids is 2. The summed E-state index contributed by atoms with van der Waals surface area (Å²) in [7, 11) is 0. The van der Waals surface area contributed by atoms with Gasteiger partial charge in [0.25, 0.3) is 5.91 Å². The lowest BCUT2D eigenvalue weighted by Crippen LogP contribution is -2.40. The predicted octanol–water partition coefficient (Wildman–Crippen LogP) is 1.22. The van der Waals surface area contributed by atoms with Gasteiger partial charge in [0.05, 0.1) is 6.10 Å². The minimum Gasteiger partial charge on any atom is -0.364 e. The Balaban J connectivity index is 0.00000264. The Morgan fingerprint density at radius 1 is 1.26 bits per heavy atom. The molecule has 0 bridgehead atoms. The number of carbonyl (C=O) groups is 2. The fourth-order valence-electron chi connectivity index (χ4n) is 2.28. The molecule has 1 saturated heterocycles. The van der Waals surface area contributed by atoms with E-state index in [1.807, 2.05) is 6.07 Å². The van der Waals surface area contributed by atoms with E-state index in [9.17, 15) is 9.59 Å². The fourth-order valence-corrected chi connectivity index (χ4v) is 2.68. The first kappa shape index (κ1) is 19.9. The number of ether oxygens (including phenoxy) is 1. The minimum atomic E-state index is -0.422. The van der Waals surface area contributed by atoms with Crippen LogP contribution in [0.3, 0.4) is 0 Å². The highest BCUT2D eigenvalue weighted by molar-refractivity contribution is 9.10. The second kappa shape index (κ2) is 9.87. The van der Waals surface area contributed by atoms with Gasteiger partial charge in [-0.1, -0.05) is 22.0 Å². The summed E-state index contributed by atoms with van der Waals surface area (Å²) in [5.41, 5.74) is 6.08. The van der Waals surface area contributed by atoms with E-state index < -0.39 is 6.10 Å². The smallest absolute Gasteiger partial charge is 0.251 e. The number of hydrogen-bond donors (Lipinski definition) is 3. The molecule has 0 aliphatic carbocycles. The molecule has 128 valence electrons. The third-order valence-corrected chi connectivity index (χ3v) is 3.95. The Labute approximate surface area is 150 Å². The van der Waals surface area contributed by atoms with Crippen LogP contribution < -0.4 is 16.4 Å². The van der Waals surface area contributed by atoms with Crippen LogP contribution in [0.4, 0.5) is 0 Å². The highest BCUT2D eigenvalue weighted by atomic mass is 79.9.